The third-order valence-electron chi connectivity index (χ3n) is 4.37. The number of hydrogen-bond acceptors (Lipinski definition) is 4. The molecule has 0 aliphatic heterocycles. The Kier molecular flexibility index (Phi) is 5.96. The molecule has 1 heterocycles. The van der Waals surface area contributed by atoms with Crippen molar-refractivity contribution in [3.8, 4) is 0 Å². The maximum absolute atomic E-state index is 12.5. The second-order valence-corrected chi connectivity index (χ2v) is 7.68. The highest BCUT2D eigenvalue weighted by Crippen LogP contribution is 2.23. The summed E-state index contributed by atoms with van der Waals surface area (Å²) in [4.78, 5) is 12.5. The van der Waals surface area contributed by atoms with Crippen molar-refractivity contribution in [1.82, 2.24) is 20.1 Å². The van der Waals surface area contributed by atoms with Crippen LogP contribution >= 0.6 is 11.8 Å². The number of carbonyl (C=O) groups is 1. The third kappa shape index (κ3) is 4.77. The van der Waals surface area contributed by atoms with Gasteiger partial charge in [0, 0.05) is 18.4 Å². The number of nitrogens with one attached hydrogen (secondary N) is 1. The first-order valence-corrected chi connectivity index (χ1v) is 9.88. The van der Waals surface area contributed by atoms with Crippen molar-refractivity contribution in [2.75, 3.05) is 0 Å². The maximum atomic E-state index is 12.5. The Balaban J connectivity index is 1.65. The fourth-order valence-corrected chi connectivity index (χ4v) is 3.67. The number of thioether (sulfide) groups is 1. The summed E-state index contributed by atoms with van der Waals surface area (Å²) in [5.74, 6) is 1.46. The van der Waals surface area contributed by atoms with E-state index in [0.29, 0.717) is 5.56 Å². The minimum atomic E-state index is -0.232. The molecule has 27 heavy (non-hydrogen) atoms. The van der Waals surface area contributed by atoms with Crippen molar-refractivity contribution in [2.24, 2.45) is 7.05 Å². The summed E-state index contributed by atoms with van der Waals surface area (Å²) in [5, 5.41) is 12.4. The molecule has 0 fully saturated rings. The van der Waals surface area contributed by atoms with Gasteiger partial charge in [-0.05, 0) is 38.5 Å². The molecular formula is C21H24N4OS. The summed E-state index contributed by atoms with van der Waals surface area (Å²) in [6, 6.07) is 15.8. The number of aromatic nitrogens is 3. The molecule has 0 bridgehead atoms. The molecular weight excluding hydrogens is 356 g/mol. The molecule has 140 valence electrons. The lowest BCUT2D eigenvalue weighted by Gasteiger charge is -2.14. The lowest BCUT2D eigenvalue weighted by molar-refractivity contribution is 0.0937. The summed E-state index contributed by atoms with van der Waals surface area (Å²) in [6.07, 6.45) is 0. The molecule has 0 saturated heterocycles. The number of carbonyl (C=O) groups excluding carboxylic acids is 1. The van der Waals surface area contributed by atoms with Gasteiger partial charge in [-0.2, -0.15) is 0 Å². The van der Waals surface area contributed by atoms with Crippen LogP contribution in [0.3, 0.4) is 0 Å². The number of hydrogen-bond donors (Lipinski definition) is 1. The van der Waals surface area contributed by atoms with Gasteiger partial charge in [0.15, 0.2) is 11.0 Å². The van der Waals surface area contributed by atoms with Crippen LogP contribution in [-0.4, -0.2) is 20.7 Å². The first-order valence-electron chi connectivity index (χ1n) is 8.89. The van der Waals surface area contributed by atoms with E-state index >= 15 is 0 Å². The van der Waals surface area contributed by atoms with Gasteiger partial charge in [0.25, 0.3) is 5.91 Å². The molecule has 3 aromatic rings. The fourth-order valence-electron chi connectivity index (χ4n) is 2.79. The van der Waals surface area contributed by atoms with Gasteiger partial charge in [-0.15, -0.1) is 10.2 Å². The van der Waals surface area contributed by atoms with Gasteiger partial charge in [0.1, 0.15) is 0 Å². The molecule has 3 rings (SSSR count). The Bertz CT molecular complexity index is 934. The molecule has 1 atom stereocenters. The van der Waals surface area contributed by atoms with E-state index in [1.807, 2.05) is 49.7 Å². The zero-order valence-electron chi connectivity index (χ0n) is 16.1. The van der Waals surface area contributed by atoms with Crippen molar-refractivity contribution in [2.45, 2.75) is 37.7 Å². The Morgan fingerprint density at radius 2 is 1.85 bits per heavy atom. The van der Waals surface area contributed by atoms with Crippen molar-refractivity contribution < 1.29 is 4.79 Å². The summed E-state index contributed by atoms with van der Waals surface area (Å²) < 4.78 is 1.94. The van der Waals surface area contributed by atoms with E-state index in [0.717, 1.165) is 22.3 Å². The highest BCUT2D eigenvalue weighted by atomic mass is 32.2. The van der Waals surface area contributed by atoms with Gasteiger partial charge in [-0.1, -0.05) is 59.3 Å². The van der Waals surface area contributed by atoms with Crippen LogP contribution in [0.1, 0.15) is 45.8 Å². The number of nitrogens with zero attached hydrogens (tertiary/aromatic N) is 3. The maximum Gasteiger partial charge on any atom is 0.251 e. The average Bonchev–Trinajstić information content (AvgIpc) is 3.02. The SMILES string of the molecule is Cc1ccc(CSc2nnc([C@@H](C)NC(=O)c3cccc(C)c3)n2C)cc1. The molecule has 1 aromatic heterocycles. The second-order valence-electron chi connectivity index (χ2n) is 6.74. The van der Waals surface area contributed by atoms with Gasteiger partial charge in [0.05, 0.1) is 6.04 Å². The highest BCUT2D eigenvalue weighted by molar-refractivity contribution is 7.98. The minimum Gasteiger partial charge on any atom is -0.342 e. The molecule has 1 N–H and O–H groups in total. The largest absolute Gasteiger partial charge is 0.342 e. The lowest BCUT2D eigenvalue weighted by Crippen LogP contribution is -2.28. The number of amides is 1. The van der Waals surface area contributed by atoms with Gasteiger partial charge in [0.2, 0.25) is 0 Å². The molecule has 0 unspecified atom stereocenters. The summed E-state index contributed by atoms with van der Waals surface area (Å²) in [7, 11) is 1.93. The summed E-state index contributed by atoms with van der Waals surface area (Å²) >= 11 is 1.64. The van der Waals surface area contributed by atoms with Gasteiger partial charge in [-0.3, -0.25) is 4.79 Å². The zero-order chi connectivity index (χ0) is 19.4. The monoisotopic (exact) mass is 380 g/mol. The molecule has 0 radical (unpaired) electrons. The van der Waals surface area contributed by atoms with Gasteiger partial charge >= 0.3 is 0 Å². The van der Waals surface area contributed by atoms with Gasteiger partial charge < -0.3 is 9.88 Å². The van der Waals surface area contributed by atoms with E-state index in [9.17, 15) is 4.79 Å². The Morgan fingerprint density at radius 3 is 2.56 bits per heavy atom. The lowest BCUT2D eigenvalue weighted by atomic mass is 10.1. The van der Waals surface area contributed by atoms with Crippen LogP contribution in [0.4, 0.5) is 0 Å². The van der Waals surface area contributed by atoms with Crippen LogP contribution in [0, 0.1) is 13.8 Å². The first-order chi connectivity index (χ1) is 12.9. The zero-order valence-corrected chi connectivity index (χ0v) is 16.9. The smallest absolute Gasteiger partial charge is 0.251 e. The van der Waals surface area contributed by atoms with Crippen molar-refractivity contribution >= 4 is 17.7 Å². The van der Waals surface area contributed by atoms with Gasteiger partial charge in [-0.25, -0.2) is 0 Å². The van der Waals surface area contributed by atoms with E-state index in [2.05, 4.69) is 46.7 Å². The van der Waals surface area contributed by atoms with E-state index in [-0.39, 0.29) is 11.9 Å². The topological polar surface area (TPSA) is 59.8 Å². The predicted molar refractivity (Wildman–Crippen MR) is 109 cm³/mol. The van der Waals surface area contributed by atoms with E-state index in [1.165, 1.54) is 11.1 Å². The molecule has 1 amide bonds. The molecule has 2 aromatic carbocycles. The van der Waals surface area contributed by atoms with Crippen molar-refractivity contribution in [1.29, 1.82) is 0 Å². The summed E-state index contributed by atoms with van der Waals surface area (Å²) in [5.41, 5.74) is 4.21. The number of aryl methyl sites for hydroxylation is 2. The number of rotatable bonds is 6. The average molecular weight is 381 g/mol. The molecule has 5 nitrogen and oxygen atoms in total. The highest BCUT2D eigenvalue weighted by Gasteiger charge is 2.18. The van der Waals surface area contributed by atoms with Crippen molar-refractivity contribution in [3.05, 3.63) is 76.6 Å². The van der Waals surface area contributed by atoms with Crippen LogP contribution in [0.25, 0.3) is 0 Å². The van der Waals surface area contributed by atoms with E-state index < -0.39 is 0 Å². The summed E-state index contributed by atoms with van der Waals surface area (Å²) in [6.45, 7) is 5.98. The van der Waals surface area contributed by atoms with Crippen molar-refractivity contribution in [3.63, 3.8) is 0 Å². The Hall–Kier alpha value is -2.60. The second kappa shape index (κ2) is 8.39. The van der Waals surface area contributed by atoms with Crippen LogP contribution in [0.15, 0.2) is 53.7 Å². The molecule has 6 heteroatoms. The molecule has 0 aliphatic carbocycles. The fraction of sp³-hybridized carbons (Fsp3) is 0.286. The minimum absolute atomic E-state index is 0.108. The molecule has 0 aliphatic rings. The standard InChI is InChI=1S/C21H24N4OS/c1-14-8-10-17(11-9-14)13-27-21-24-23-19(25(21)4)16(3)22-20(26)18-7-5-6-15(2)12-18/h5-12,16H,13H2,1-4H3,(H,22,26)/t16-/m1/s1. The third-order valence-corrected chi connectivity index (χ3v) is 5.46. The Labute approximate surface area is 164 Å². The molecule has 0 saturated carbocycles. The van der Waals surface area contributed by atoms with E-state index in [1.54, 1.807) is 11.8 Å². The molecule has 0 spiro atoms. The van der Waals surface area contributed by atoms with Crippen LogP contribution in [0.5, 0.6) is 0 Å². The normalized spacial score (nSPS) is 12.0. The van der Waals surface area contributed by atoms with Crippen LogP contribution in [0.2, 0.25) is 0 Å². The van der Waals surface area contributed by atoms with Crippen LogP contribution in [-0.2, 0) is 12.8 Å². The Morgan fingerprint density at radius 1 is 1.11 bits per heavy atom. The number of benzene rings is 2. The van der Waals surface area contributed by atoms with E-state index in [4.69, 9.17) is 0 Å². The quantitative estimate of drug-likeness (QED) is 0.651. The first kappa shape index (κ1) is 19.2. The van der Waals surface area contributed by atoms with Crippen LogP contribution < -0.4 is 5.32 Å². The predicted octanol–water partition coefficient (Wildman–Crippen LogP) is 4.22.